The lowest BCUT2D eigenvalue weighted by molar-refractivity contribution is -0.144. The van der Waals surface area contributed by atoms with E-state index in [1.807, 2.05) is 70.2 Å². The second-order valence-corrected chi connectivity index (χ2v) is 20.1. The SMILES string of the molecule is COc1c(C)cc(P(c2cc(C)c(OC)c(C)c2)C2C=CC=C/C2=C2/C=CC=C2C(C)P(c2cc(C(F)(F)F)cc(C(F)(F)F)c2)c2cc(C(F)(F)F)cc(C(F)(F)F)c2)cc1C. The average Bonchev–Trinajstić information content (AvgIpc) is 3.67. The van der Waals surface area contributed by atoms with Crippen LogP contribution in [0.15, 0.2) is 120 Å². The van der Waals surface area contributed by atoms with E-state index in [9.17, 15) is 52.7 Å². The molecule has 0 aliphatic heterocycles. The summed E-state index contributed by atoms with van der Waals surface area (Å²) in [6, 6.07) is 9.34. The van der Waals surface area contributed by atoms with Crippen LogP contribution in [0, 0.1) is 27.7 Å². The standard InChI is InChI=1S/C47H40F12O2P2/c1-25-15-34(16-26(2)42(25)60-6)63(35-17-27(3)43(61-7)28(4)18-35)41-14-9-8-11-40(41)39-13-10-12-38(39)29(5)62(36-21-30(44(48,49)50)19-31(22-36)45(51,52)53)37-23-32(46(54,55)56)20-33(24-37)47(57,58)59/h8-24,29,41H,1-7H3/b40-39+. The summed E-state index contributed by atoms with van der Waals surface area (Å²) in [4.78, 5) is 0. The molecule has 0 N–H and O–H groups in total. The Morgan fingerprint density at radius 1 is 0.492 bits per heavy atom. The lowest BCUT2D eigenvalue weighted by atomic mass is 9.95. The lowest BCUT2D eigenvalue weighted by Crippen LogP contribution is -2.27. The summed E-state index contributed by atoms with van der Waals surface area (Å²) >= 11 is 0. The number of ether oxygens (including phenoxy) is 2. The number of alkyl halides is 12. The molecule has 4 aromatic rings. The Morgan fingerprint density at radius 2 is 0.873 bits per heavy atom. The minimum absolute atomic E-state index is 0.129. The first-order chi connectivity index (χ1) is 29.2. The van der Waals surface area contributed by atoms with Crippen LogP contribution in [-0.4, -0.2) is 25.5 Å². The molecule has 2 aliphatic carbocycles. The van der Waals surface area contributed by atoms with E-state index in [-0.39, 0.29) is 12.1 Å². The monoisotopic (exact) mass is 926 g/mol. The van der Waals surface area contributed by atoms with Crippen molar-refractivity contribution in [2.45, 2.75) is 70.6 Å². The van der Waals surface area contributed by atoms with Gasteiger partial charge in [-0.15, -0.1) is 0 Å². The molecule has 334 valence electrons. The van der Waals surface area contributed by atoms with Gasteiger partial charge in [-0.1, -0.05) is 49.5 Å². The molecule has 0 saturated heterocycles. The van der Waals surface area contributed by atoms with Crippen LogP contribution >= 0.6 is 15.8 Å². The zero-order valence-corrected chi connectivity index (χ0v) is 36.5. The van der Waals surface area contributed by atoms with Gasteiger partial charge in [0.05, 0.1) is 36.5 Å². The first kappa shape index (κ1) is 47.7. The topological polar surface area (TPSA) is 18.5 Å². The number of benzene rings is 4. The van der Waals surface area contributed by atoms with Gasteiger partial charge >= 0.3 is 24.7 Å². The highest BCUT2D eigenvalue weighted by molar-refractivity contribution is 7.74. The van der Waals surface area contributed by atoms with Gasteiger partial charge in [-0.3, -0.25) is 0 Å². The first-order valence-corrected chi connectivity index (χ1v) is 22.0. The van der Waals surface area contributed by atoms with Crippen LogP contribution < -0.4 is 30.7 Å². The van der Waals surface area contributed by atoms with E-state index in [1.165, 1.54) is 6.92 Å². The quantitative estimate of drug-likeness (QED) is 0.123. The van der Waals surface area contributed by atoms with E-state index >= 15 is 0 Å². The molecule has 4 aromatic carbocycles. The maximum Gasteiger partial charge on any atom is 0.416 e. The summed E-state index contributed by atoms with van der Waals surface area (Å²) in [7, 11) is -1.15. The third-order valence-corrected chi connectivity index (χ3v) is 16.1. The van der Waals surface area contributed by atoms with Crippen molar-refractivity contribution >= 4 is 37.1 Å². The van der Waals surface area contributed by atoms with Gasteiger partial charge in [-0.2, -0.15) is 52.7 Å². The van der Waals surface area contributed by atoms with Crippen molar-refractivity contribution in [3.05, 3.63) is 164 Å². The molecule has 0 radical (unpaired) electrons. The van der Waals surface area contributed by atoms with Gasteiger partial charge in [0.15, 0.2) is 0 Å². The number of rotatable bonds is 9. The molecule has 63 heavy (non-hydrogen) atoms. The fourth-order valence-corrected chi connectivity index (χ4v) is 14.1. The van der Waals surface area contributed by atoms with E-state index < -0.39 is 84.7 Å². The zero-order valence-electron chi connectivity index (χ0n) is 34.7. The molecule has 2 aliphatic rings. The van der Waals surface area contributed by atoms with Gasteiger partial charge in [-0.25, -0.2) is 0 Å². The molecule has 0 fully saturated rings. The highest BCUT2D eigenvalue weighted by Gasteiger charge is 2.42. The van der Waals surface area contributed by atoms with Crippen molar-refractivity contribution in [1.29, 1.82) is 0 Å². The Morgan fingerprint density at radius 3 is 1.22 bits per heavy atom. The van der Waals surface area contributed by atoms with Crippen molar-refractivity contribution in [2.75, 3.05) is 14.2 Å². The lowest BCUT2D eigenvalue weighted by Gasteiger charge is -2.34. The number of hydrogen-bond donors (Lipinski definition) is 0. The van der Waals surface area contributed by atoms with Crippen LogP contribution in [0.5, 0.6) is 11.5 Å². The predicted octanol–water partition coefficient (Wildman–Crippen LogP) is 13.3. The maximum absolute atomic E-state index is 14.3. The molecule has 0 spiro atoms. The molecular weight excluding hydrogens is 886 g/mol. The van der Waals surface area contributed by atoms with Gasteiger partial charge < -0.3 is 9.47 Å². The molecule has 16 heteroatoms. The molecule has 0 aromatic heterocycles. The van der Waals surface area contributed by atoms with E-state index in [4.69, 9.17) is 9.47 Å². The molecule has 2 atom stereocenters. The Balaban J connectivity index is 1.63. The number of hydrogen-bond acceptors (Lipinski definition) is 2. The van der Waals surface area contributed by atoms with Gasteiger partial charge in [0.25, 0.3) is 0 Å². The summed E-state index contributed by atoms with van der Waals surface area (Å²) in [5.74, 6) is 1.37. The minimum Gasteiger partial charge on any atom is -0.496 e. The van der Waals surface area contributed by atoms with E-state index in [0.717, 1.165) is 32.9 Å². The second-order valence-electron chi connectivity index (χ2n) is 15.2. The van der Waals surface area contributed by atoms with Crippen LogP contribution in [0.4, 0.5) is 52.7 Å². The van der Waals surface area contributed by atoms with Gasteiger partial charge in [0.1, 0.15) is 11.5 Å². The highest BCUT2D eigenvalue weighted by Crippen LogP contribution is 2.53. The highest BCUT2D eigenvalue weighted by atomic mass is 31.1. The van der Waals surface area contributed by atoms with Gasteiger partial charge in [0.2, 0.25) is 0 Å². The van der Waals surface area contributed by atoms with Crippen LogP contribution in [-0.2, 0) is 24.7 Å². The van der Waals surface area contributed by atoms with E-state index in [0.29, 0.717) is 52.5 Å². The third-order valence-electron chi connectivity index (χ3n) is 10.8. The van der Waals surface area contributed by atoms with Crippen molar-refractivity contribution < 1.29 is 62.2 Å². The first-order valence-electron chi connectivity index (χ1n) is 19.2. The Kier molecular flexibility index (Phi) is 13.3. The fourth-order valence-electron chi connectivity index (χ4n) is 8.20. The van der Waals surface area contributed by atoms with Crippen molar-refractivity contribution in [3.8, 4) is 11.5 Å². The predicted molar refractivity (Wildman–Crippen MR) is 226 cm³/mol. The van der Waals surface area contributed by atoms with Crippen LogP contribution in [0.3, 0.4) is 0 Å². The van der Waals surface area contributed by atoms with Gasteiger partial charge in [-0.05, 0) is 164 Å². The maximum atomic E-state index is 14.3. The summed E-state index contributed by atoms with van der Waals surface area (Å²) in [6.07, 6.45) is -9.20. The van der Waals surface area contributed by atoms with E-state index in [1.54, 1.807) is 38.5 Å². The van der Waals surface area contributed by atoms with Crippen molar-refractivity contribution in [1.82, 2.24) is 0 Å². The normalized spacial score (nSPS) is 17.5. The molecule has 0 amide bonds. The smallest absolute Gasteiger partial charge is 0.416 e. The molecule has 6 rings (SSSR count). The minimum atomic E-state index is -5.35. The summed E-state index contributed by atoms with van der Waals surface area (Å²) in [5.41, 5.74) is -3.85. The molecule has 2 nitrogen and oxygen atoms in total. The van der Waals surface area contributed by atoms with Gasteiger partial charge in [0, 0.05) is 11.3 Å². The van der Waals surface area contributed by atoms with Crippen LogP contribution in [0.25, 0.3) is 0 Å². The third kappa shape index (κ3) is 9.97. The Labute approximate surface area is 359 Å². The summed E-state index contributed by atoms with van der Waals surface area (Å²) in [5, 5.41) is 0.442. The molecule has 2 unspecified atom stereocenters. The molecule has 0 saturated carbocycles. The zero-order chi connectivity index (χ0) is 46.6. The number of methoxy groups -OCH3 is 2. The molecule has 0 bridgehead atoms. The Hall–Kier alpha value is -4.80. The molecule has 0 heterocycles. The summed E-state index contributed by atoms with van der Waals surface area (Å²) in [6.45, 7) is 9.03. The van der Waals surface area contributed by atoms with Crippen LogP contribution in [0.2, 0.25) is 0 Å². The number of aryl methyl sites for hydroxylation is 4. The van der Waals surface area contributed by atoms with E-state index in [2.05, 4.69) is 0 Å². The number of halogens is 12. The molecular formula is C47H40F12O2P2. The number of allylic oxidation sites excluding steroid dienone is 10. The average molecular weight is 927 g/mol. The van der Waals surface area contributed by atoms with Crippen molar-refractivity contribution in [2.24, 2.45) is 0 Å². The Bertz CT molecular complexity index is 2330. The summed E-state index contributed by atoms with van der Waals surface area (Å²) < 4.78 is 183. The van der Waals surface area contributed by atoms with Crippen molar-refractivity contribution in [3.63, 3.8) is 0 Å². The second kappa shape index (κ2) is 17.6. The van der Waals surface area contributed by atoms with Crippen LogP contribution in [0.1, 0.15) is 51.4 Å². The largest absolute Gasteiger partial charge is 0.496 e. The fraction of sp³-hybridized carbons (Fsp3) is 0.277.